The molecule has 134 valence electrons. The van der Waals surface area contributed by atoms with E-state index in [9.17, 15) is 10.0 Å². The molecule has 26 heavy (non-hydrogen) atoms. The van der Waals surface area contributed by atoms with Crippen molar-refractivity contribution in [2.75, 3.05) is 0 Å². The average Bonchev–Trinajstić information content (AvgIpc) is 3.11. The number of para-hydroxylation sites is 1. The summed E-state index contributed by atoms with van der Waals surface area (Å²) in [5.41, 5.74) is 5.05. The summed E-state index contributed by atoms with van der Waals surface area (Å²) in [7, 11) is 0. The number of urea groups is 1. The van der Waals surface area contributed by atoms with Crippen molar-refractivity contribution in [2.24, 2.45) is 5.73 Å². The first-order valence-electron chi connectivity index (χ1n) is 7.77. The summed E-state index contributed by atoms with van der Waals surface area (Å²) in [4.78, 5) is 15.8. The summed E-state index contributed by atoms with van der Waals surface area (Å²) in [6.07, 6.45) is 1.53. The Kier molecular flexibility index (Phi) is 5.35. The molecule has 0 radical (unpaired) electrons. The molecule has 8 heteroatoms. The molecule has 2 amide bonds. The van der Waals surface area contributed by atoms with Crippen molar-refractivity contribution in [1.82, 2.24) is 10.0 Å². The number of hydroxylamine groups is 2. The zero-order valence-electron chi connectivity index (χ0n) is 13.9. The van der Waals surface area contributed by atoms with Gasteiger partial charge in [-0.2, -0.15) is 5.06 Å². The van der Waals surface area contributed by atoms with Gasteiger partial charge in [0.15, 0.2) is 0 Å². The number of amides is 2. The van der Waals surface area contributed by atoms with Gasteiger partial charge in [0.25, 0.3) is 5.19 Å². The van der Waals surface area contributed by atoms with Crippen molar-refractivity contribution in [3.63, 3.8) is 0 Å². The number of nitrogens with zero attached hydrogens (tertiary/aromatic N) is 2. The van der Waals surface area contributed by atoms with Gasteiger partial charge in [-0.3, -0.25) is 5.21 Å². The Hall–Kier alpha value is -3.10. The van der Waals surface area contributed by atoms with Crippen molar-refractivity contribution in [2.45, 2.75) is 13.0 Å². The highest BCUT2D eigenvalue weighted by Gasteiger charge is 2.20. The van der Waals surface area contributed by atoms with Crippen LogP contribution in [0.15, 0.2) is 60.8 Å². The minimum absolute atomic E-state index is 0.390. The topological polar surface area (TPSA) is 97.9 Å². The number of hydrogen-bond donors (Lipinski definition) is 2. The number of primary amides is 1. The van der Waals surface area contributed by atoms with Crippen LogP contribution >= 0.6 is 11.3 Å². The molecule has 1 heterocycles. The van der Waals surface area contributed by atoms with Gasteiger partial charge in [-0.25, -0.2) is 9.78 Å². The highest BCUT2D eigenvalue weighted by molar-refractivity contribution is 7.13. The fourth-order valence-corrected chi connectivity index (χ4v) is 2.94. The molecule has 1 unspecified atom stereocenters. The molecule has 0 fully saturated rings. The minimum Gasteiger partial charge on any atom is -0.457 e. The van der Waals surface area contributed by atoms with Gasteiger partial charge < -0.3 is 15.2 Å². The van der Waals surface area contributed by atoms with Crippen LogP contribution in [0.4, 0.5) is 4.79 Å². The molecule has 0 aliphatic heterocycles. The fraction of sp³-hybridized carbons (Fsp3) is 0.111. The van der Waals surface area contributed by atoms with E-state index < -0.39 is 12.1 Å². The van der Waals surface area contributed by atoms with E-state index in [1.165, 1.54) is 17.5 Å². The van der Waals surface area contributed by atoms with Gasteiger partial charge in [0.05, 0.1) is 10.9 Å². The van der Waals surface area contributed by atoms with Crippen LogP contribution in [0.25, 0.3) is 0 Å². The van der Waals surface area contributed by atoms with Crippen LogP contribution < -0.4 is 15.2 Å². The van der Waals surface area contributed by atoms with E-state index in [4.69, 9.17) is 15.2 Å². The maximum atomic E-state index is 11.0. The van der Waals surface area contributed by atoms with E-state index in [2.05, 4.69) is 4.98 Å². The van der Waals surface area contributed by atoms with E-state index in [-0.39, 0.29) is 0 Å². The molecular formula is C18H17N3O4S. The lowest BCUT2D eigenvalue weighted by Gasteiger charge is -2.18. The monoisotopic (exact) mass is 371 g/mol. The lowest BCUT2D eigenvalue weighted by molar-refractivity contribution is -0.0700. The van der Waals surface area contributed by atoms with E-state index in [0.29, 0.717) is 26.6 Å². The number of carbonyl (C=O) groups excluding carboxylic acids is 1. The zero-order valence-corrected chi connectivity index (χ0v) is 14.7. The first-order chi connectivity index (χ1) is 12.5. The summed E-state index contributed by atoms with van der Waals surface area (Å²) in [6.45, 7) is 1.64. The molecule has 0 saturated carbocycles. The second-order valence-electron chi connectivity index (χ2n) is 5.38. The molecule has 3 rings (SSSR count). The van der Waals surface area contributed by atoms with Gasteiger partial charge in [-0.15, -0.1) is 0 Å². The van der Waals surface area contributed by atoms with Gasteiger partial charge in [-0.05, 0) is 43.3 Å². The predicted molar refractivity (Wildman–Crippen MR) is 96.8 cm³/mol. The Morgan fingerprint density at radius 1 is 1.08 bits per heavy atom. The molecule has 1 aromatic heterocycles. The maximum Gasteiger partial charge on any atom is 0.339 e. The predicted octanol–water partition coefficient (Wildman–Crippen LogP) is 4.56. The maximum absolute atomic E-state index is 11.0. The molecule has 1 atom stereocenters. The van der Waals surface area contributed by atoms with Gasteiger partial charge in [-0.1, -0.05) is 29.5 Å². The number of aromatic nitrogens is 1. The van der Waals surface area contributed by atoms with Crippen LogP contribution in [0.3, 0.4) is 0 Å². The summed E-state index contributed by atoms with van der Waals surface area (Å²) in [6, 6.07) is 15.1. The Balaban J connectivity index is 1.63. The minimum atomic E-state index is -0.928. The van der Waals surface area contributed by atoms with Crippen molar-refractivity contribution < 1.29 is 19.5 Å². The van der Waals surface area contributed by atoms with Crippen LogP contribution in [-0.2, 0) is 0 Å². The number of benzene rings is 2. The first-order valence-corrected chi connectivity index (χ1v) is 8.58. The van der Waals surface area contributed by atoms with Crippen LogP contribution in [0.5, 0.6) is 22.4 Å². The van der Waals surface area contributed by atoms with E-state index in [0.717, 1.165) is 5.75 Å². The third-order valence-electron chi connectivity index (χ3n) is 3.51. The molecule has 3 N–H and O–H groups in total. The third kappa shape index (κ3) is 4.29. The van der Waals surface area contributed by atoms with E-state index in [1.54, 1.807) is 31.2 Å². The lowest BCUT2D eigenvalue weighted by Crippen LogP contribution is -2.34. The number of rotatable bonds is 6. The van der Waals surface area contributed by atoms with Crippen LogP contribution in [0, 0.1) is 0 Å². The molecule has 7 nitrogen and oxygen atoms in total. The summed E-state index contributed by atoms with van der Waals surface area (Å²) >= 11 is 1.21. The van der Waals surface area contributed by atoms with Crippen molar-refractivity contribution in [3.05, 3.63) is 65.7 Å². The van der Waals surface area contributed by atoms with E-state index in [1.807, 2.05) is 30.3 Å². The SMILES string of the molecule is CC(c1cnc(Oc2ccc(Oc3ccccc3)cc2)s1)N(O)C(N)=O. The number of ether oxygens (including phenoxy) is 2. The van der Waals surface area contributed by atoms with Crippen LogP contribution in [0.1, 0.15) is 17.8 Å². The number of carbonyl (C=O) groups is 1. The second-order valence-corrected chi connectivity index (χ2v) is 6.40. The van der Waals surface area contributed by atoms with Gasteiger partial charge in [0, 0.05) is 6.20 Å². The molecule has 0 aliphatic rings. The quantitative estimate of drug-likeness (QED) is 0.489. The summed E-state index contributed by atoms with van der Waals surface area (Å²) in [5.74, 6) is 2.03. The molecule has 0 saturated heterocycles. The molecule has 0 aliphatic carbocycles. The Morgan fingerprint density at radius 3 is 2.27 bits per heavy atom. The Bertz CT molecular complexity index is 868. The standard InChI is InChI=1S/C18H17N3O4S/c1-12(21(23)17(19)22)16-11-20-18(26-16)25-15-9-7-14(8-10-15)24-13-5-3-2-4-6-13/h2-12,23H,1H3,(H2,19,22). The normalized spacial score (nSPS) is 11.6. The van der Waals surface area contributed by atoms with Gasteiger partial charge in [0.2, 0.25) is 0 Å². The lowest BCUT2D eigenvalue weighted by atomic mass is 10.3. The van der Waals surface area contributed by atoms with Crippen LogP contribution in [0.2, 0.25) is 0 Å². The smallest absolute Gasteiger partial charge is 0.339 e. The molecule has 2 aromatic carbocycles. The van der Waals surface area contributed by atoms with Crippen molar-refractivity contribution >= 4 is 17.4 Å². The fourth-order valence-electron chi connectivity index (χ4n) is 2.12. The van der Waals surface area contributed by atoms with Gasteiger partial charge in [0.1, 0.15) is 17.2 Å². The number of nitrogens with two attached hydrogens (primary N) is 1. The number of thiazole rings is 1. The molecule has 3 aromatic rings. The molecule has 0 bridgehead atoms. The van der Waals surface area contributed by atoms with Crippen molar-refractivity contribution in [1.29, 1.82) is 0 Å². The Labute approximate surface area is 154 Å². The molecule has 0 spiro atoms. The largest absolute Gasteiger partial charge is 0.457 e. The average molecular weight is 371 g/mol. The summed E-state index contributed by atoms with van der Waals surface area (Å²) in [5, 5.41) is 10.4. The van der Waals surface area contributed by atoms with Crippen LogP contribution in [-0.4, -0.2) is 21.3 Å². The summed E-state index contributed by atoms with van der Waals surface area (Å²) < 4.78 is 11.4. The van der Waals surface area contributed by atoms with E-state index >= 15 is 0 Å². The zero-order chi connectivity index (χ0) is 18.5. The molecular weight excluding hydrogens is 354 g/mol. The first kappa shape index (κ1) is 17.7. The highest BCUT2D eigenvalue weighted by atomic mass is 32.1. The highest BCUT2D eigenvalue weighted by Crippen LogP contribution is 2.32. The van der Waals surface area contributed by atoms with Crippen molar-refractivity contribution in [3.8, 4) is 22.4 Å². The third-order valence-corrected chi connectivity index (χ3v) is 4.56. The number of hydrogen-bond acceptors (Lipinski definition) is 6. The second kappa shape index (κ2) is 7.85. The van der Waals surface area contributed by atoms with Gasteiger partial charge >= 0.3 is 6.03 Å². The Morgan fingerprint density at radius 2 is 1.65 bits per heavy atom.